The Hall–Kier alpha value is -1.20. The lowest BCUT2D eigenvalue weighted by Gasteiger charge is -2.23. The maximum atomic E-state index is 5.08. The maximum Gasteiger partial charge on any atom is 0.0502 e. The SMILES string of the molecule is COCCc1ccc(Br)cc1.COCCc1ccc(C2CCNCC2)cc1. The van der Waals surface area contributed by atoms with E-state index in [1.54, 1.807) is 14.2 Å². The average molecular weight is 434 g/mol. The van der Waals surface area contributed by atoms with Gasteiger partial charge in [-0.25, -0.2) is 0 Å². The van der Waals surface area contributed by atoms with E-state index in [1.165, 1.54) is 29.5 Å². The van der Waals surface area contributed by atoms with Crippen molar-refractivity contribution in [1.82, 2.24) is 5.32 Å². The number of halogens is 1. The van der Waals surface area contributed by atoms with Crippen LogP contribution in [0, 0.1) is 0 Å². The fourth-order valence-corrected chi connectivity index (χ4v) is 3.47. The molecular weight excluding hydrogens is 402 g/mol. The molecule has 0 bridgehead atoms. The van der Waals surface area contributed by atoms with Gasteiger partial charge in [0.2, 0.25) is 0 Å². The molecule has 1 N–H and O–H groups in total. The van der Waals surface area contributed by atoms with Gasteiger partial charge in [-0.15, -0.1) is 0 Å². The van der Waals surface area contributed by atoms with Crippen LogP contribution in [0.25, 0.3) is 0 Å². The number of piperidine rings is 1. The van der Waals surface area contributed by atoms with Crippen LogP contribution >= 0.6 is 15.9 Å². The van der Waals surface area contributed by atoms with Gasteiger partial charge in [-0.05, 0) is 73.5 Å². The molecule has 2 aromatic rings. The van der Waals surface area contributed by atoms with Gasteiger partial charge in [0, 0.05) is 18.7 Å². The van der Waals surface area contributed by atoms with E-state index >= 15 is 0 Å². The van der Waals surface area contributed by atoms with Crippen molar-refractivity contribution in [2.45, 2.75) is 31.6 Å². The fourth-order valence-electron chi connectivity index (χ4n) is 3.20. The predicted octanol–water partition coefficient (Wildman–Crippen LogP) is 4.98. The van der Waals surface area contributed by atoms with Gasteiger partial charge in [-0.2, -0.15) is 0 Å². The Kier molecular flexibility index (Phi) is 10.7. The molecule has 148 valence electrons. The molecular formula is C23H32BrNO2. The van der Waals surface area contributed by atoms with E-state index in [9.17, 15) is 0 Å². The van der Waals surface area contributed by atoms with Crippen molar-refractivity contribution in [3.8, 4) is 0 Å². The first kappa shape index (κ1) is 22.1. The monoisotopic (exact) mass is 433 g/mol. The van der Waals surface area contributed by atoms with Gasteiger partial charge in [-0.3, -0.25) is 0 Å². The Balaban J connectivity index is 0.000000208. The highest BCUT2D eigenvalue weighted by molar-refractivity contribution is 9.10. The van der Waals surface area contributed by atoms with Crippen LogP contribution in [0.3, 0.4) is 0 Å². The van der Waals surface area contributed by atoms with Gasteiger partial charge >= 0.3 is 0 Å². The number of hydrogen-bond donors (Lipinski definition) is 1. The quantitative estimate of drug-likeness (QED) is 0.667. The predicted molar refractivity (Wildman–Crippen MR) is 117 cm³/mol. The Morgan fingerprint density at radius 2 is 1.30 bits per heavy atom. The summed E-state index contributed by atoms with van der Waals surface area (Å²) in [6.45, 7) is 3.93. The smallest absolute Gasteiger partial charge is 0.0502 e. The Labute approximate surface area is 172 Å². The number of ether oxygens (including phenoxy) is 2. The Morgan fingerprint density at radius 1 is 0.815 bits per heavy atom. The van der Waals surface area contributed by atoms with Crippen molar-refractivity contribution in [2.24, 2.45) is 0 Å². The van der Waals surface area contributed by atoms with Crippen LogP contribution in [0.5, 0.6) is 0 Å². The molecule has 1 heterocycles. The summed E-state index contributed by atoms with van der Waals surface area (Å²) < 4.78 is 11.2. The molecule has 1 aliphatic rings. The summed E-state index contributed by atoms with van der Waals surface area (Å²) in [6.07, 6.45) is 4.56. The highest BCUT2D eigenvalue weighted by Gasteiger charge is 2.14. The van der Waals surface area contributed by atoms with Crippen LogP contribution in [-0.2, 0) is 22.3 Å². The number of hydrogen-bond acceptors (Lipinski definition) is 3. The zero-order valence-corrected chi connectivity index (χ0v) is 18.1. The van der Waals surface area contributed by atoms with Crippen molar-refractivity contribution < 1.29 is 9.47 Å². The van der Waals surface area contributed by atoms with Crippen molar-refractivity contribution in [2.75, 3.05) is 40.5 Å². The molecule has 0 aliphatic carbocycles. The summed E-state index contributed by atoms with van der Waals surface area (Å²) in [6, 6.07) is 17.4. The molecule has 0 atom stereocenters. The lowest BCUT2D eigenvalue weighted by molar-refractivity contribution is 0.202. The summed E-state index contributed by atoms with van der Waals surface area (Å²) in [5, 5.41) is 3.41. The number of methoxy groups -OCH3 is 2. The van der Waals surface area contributed by atoms with E-state index in [2.05, 4.69) is 57.6 Å². The lowest BCUT2D eigenvalue weighted by Crippen LogP contribution is -2.26. The van der Waals surface area contributed by atoms with Gasteiger partial charge in [0.1, 0.15) is 0 Å². The van der Waals surface area contributed by atoms with Crippen LogP contribution < -0.4 is 5.32 Å². The summed E-state index contributed by atoms with van der Waals surface area (Å²) in [5.41, 5.74) is 4.19. The zero-order chi connectivity index (χ0) is 19.3. The third kappa shape index (κ3) is 8.56. The number of nitrogens with one attached hydrogen (secondary N) is 1. The molecule has 3 rings (SSSR count). The first-order valence-corrected chi connectivity index (χ1v) is 10.5. The molecule has 0 amide bonds. The van der Waals surface area contributed by atoms with E-state index in [-0.39, 0.29) is 0 Å². The first-order chi connectivity index (χ1) is 13.2. The largest absolute Gasteiger partial charge is 0.384 e. The second kappa shape index (κ2) is 13.1. The lowest BCUT2D eigenvalue weighted by atomic mass is 9.89. The molecule has 0 saturated carbocycles. The summed E-state index contributed by atoms with van der Waals surface area (Å²) in [5.74, 6) is 0.762. The Morgan fingerprint density at radius 3 is 1.78 bits per heavy atom. The standard InChI is InChI=1S/C14H21NO.C9H11BrO/c1-16-11-8-12-2-4-13(5-3-12)14-6-9-15-10-7-14;1-11-7-6-8-2-4-9(10)5-3-8/h2-5,14-15H,6-11H2,1H3;2-5H,6-7H2,1H3. The molecule has 0 radical (unpaired) electrons. The molecule has 1 fully saturated rings. The molecule has 3 nitrogen and oxygen atoms in total. The van der Waals surface area contributed by atoms with Gasteiger partial charge in [-0.1, -0.05) is 52.3 Å². The van der Waals surface area contributed by atoms with Crippen LogP contribution in [0.1, 0.15) is 35.4 Å². The van der Waals surface area contributed by atoms with Gasteiger partial charge in [0.05, 0.1) is 13.2 Å². The number of rotatable bonds is 7. The van der Waals surface area contributed by atoms with Crippen LogP contribution in [-0.4, -0.2) is 40.5 Å². The zero-order valence-electron chi connectivity index (χ0n) is 16.5. The average Bonchev–Trinajstić information content (AvgIpc) is 2.73. The van der Waals surface area contributed by atoms with Crippen LogP contribution in [0.15, 0.2) is 53.0 Å². The van der Waals surface area contributed by atoms with E-state index in [0.29, 0.717) is 0 Å². The van der Waals surface area contributed by atoms with Gasteiger partial charge in [0.25, 0.3) is 0 Å². The molecule has 27 heavy (non-hydrogen) atoms. The second-order valence-corrected chi connectivity index (χ2v) is 7.79. The minimum atomic E-state index is 0.762. The van der Waals surface area contributed by atoms with E-state index in [4.69, 9.17) is 9.47 Å². The molecule has 0 spiro atoms. The third-order valence-electron chi connectivity index (χ3n) is 4.89. The first-order valence-electron chi connectivity index (χ1n) is 9.74. The molecule has 0 unspecified atom stereocenters. The van der Waals surface area contributed by atoms with Crippen molar-refractivity contribution in [3.05, 3.63) is 69.7 Å². The summed E-state index contributed by atoms with van der Waals surface area (Å²) in [7, 11) is 3.47. The number of benzene rings is 2. The van der Waals surface area contributed by atoms with E-state index < -0.39 is 0 Å². The van der Waals surface area contributed by atoms with Crippen molar-refractivity contribution >= 4 is 15.9 Å². The third-order valence-corrected chi connectivity index (χ3v) is 5.42. The summed E-state index contributed by atoms with van der Waals surface area (Å²) >= 11 is 3.38. The van der Waals surface area contributed by atoms with Crippen LogP contribution in [0.4, 0.5) is 0 Å². The minimum Gasteiger partial charge on any atom is -0.384 e. The van der Waals surface area contributed by atoms with E-state index in [1.807, 2.05) is 12.1 Å². The summed E-state index contributed by atoms with van der Waals surface area (Å²) in [4.78, 5) is 0. The molecule has 1 aliphatic heterocycles. The highest BCUT2D eigenvalue weighted by Crippen LogP contribution is 2.25. The minimum absolute atomic E-state index is 0.762. The van der Waals surface area contributed by atoms with Gasteiger partial charge < -0.3 is 14.8 Å². The molecule has 0 aromatic heterocycles. The fraction of sp³-hybridized carbons (Fsp3) is 0.478. The van der Waals surface area contributed by atoms with Crippen molar-refractivity contribution in [3.63, 3.8) is 0 Å². The van der Waals surface area contributed by atoms with Crippen LogP contribution in [0.2, 0.25) is 0 Å². The van der Waals surface area contributed by atoms with Crippen molar-refractivity contribution in [1.29, 1.82) is 0 Å². The topological polar surface area (TPSA) is 30.5 Å². The van der Waals surface area contributed by atoms with Gasteiger partial charge in [0.15, 0.2) is 0 Å². The normalized spacial score (nSPS) is 14.5. The maximum absolute atomic E-state index is 5.08. The Bertz CT molecular complexity index is 622. The highest BCUT2D eigenvalue weighted by atomic mass is 79.9. The second-order valence-electron chi connectivity index (χ2n) is 6.88. The van der Waals surface area contributed by atoms with E-state index in [0.717, 1.165) is 49.5 Å². The molecule has 2 aromatic carbocycles. The molecule has 4 heteroatoms. The molecule has 1 saturated heterocycles.